The SMILES string of the molecule is COc1cc(C=NNC(=S)NN=Cc2cc(Br)c(O)c(OC)c2)cc(Br)c1O. The largest absolute Gasteiger partial charge is 0.503 e. The van der Waals surface area contributed by atoms with E-state index in [9.17, 15) is 10.2 Å². The van der Waals surface area contributed by atoms with Crippen LogP contribution in [0.25, 0.3) is 0 Å². The maximum Gasteiger partial charge on any atom is 0.207 e. The van der Waals surface area contributed by atoms with Gasteiger partial charge in [-0.25, -0.2) is 0 Å². The predicted molar refractivity (Wildman–Crippen MR) is 119 cm³/mol. The molecule has 28 heavy (non-hydrogen) atoms. The first-order valence-electron chi connectivity index (χ1n) is 7.60. The van der Waals surface area contributed by atoms with Crippen molar-refractivity contribution in [2.75, 3.05) is 14.2 Å². The Morgan fingerprint density at radius 3 is 1.64 bits per heavy atom. The van der Waals surface area contributed by atoms with Gasteiger partial charge in [0, 0.05) is 0 Å². The number of hydrogen-bond acceptors (Lipinski definition) is 7. The van der Waals surface area contributed by atoms with Gasteiger partial charge in [-0.3, -0.25) is 10.9 Å². The highest BCUT2D eigenvalue weighted by Gasteiger charge is 2.08. The van der Waals surface area contributed by atoms with E-state index in [0.717, 1.165) is 0 Å². The summed E-state index contributed by atoms with van der Waals surface area (Å²) in [5.74, 6) is 0.654. The van der Waals surface area contributed by atoms with Crippen molar-refractivity contribution < 1.29 is 19.7 Å². The highest BCUT2D eigenvalue weighted by Crippen LogP contribution is 2.35. The van der Waals surface area contributed by atoms with E-state index in [-0.39, 0.29) is 16.6 Å². The van der Waals surface area contributed by atoms with Crippen molar-refractivity contribution in [1.82, 2.24) is 10.9 Å². The molecule has 0 unspecified atom stereocenters. The van der Waals surface area contributed by atoms with Crippen LogP contribution < -0.4 is 20.3 Å². The predicted octanol–water partition coefficient (Wildman–Crippen LogP) is 3.47. The number of phenols is 2. The quantitative estimate of drug-likeness (QED) is 0.257. The van der Waals surface area contributed by atoms with Crippen LogP contribution in [-0.4, -0.2) is 42.0 Å². The van der Waals surface area contributed by atoms with Gasteiger partial charge in [-0.2, -0.15) is 10.2 Å². The molecular formula is C17H16Br2N4O4S. The smallest absolute Gasteiger partial charge is 0.207 e. The molecule has 0 spiro atoms. The van der Waals surface area contributed by atoms with Crippen LogP contribution >= 0.6 is 44.1 Å². The number of benzene rings is 2. The van der Waals surface area contributed by atoms with Gasteiger partial charge >= 0.3 is 0 Å². The highest BCUT2D eigenvalue weighted by molar-refractivity contribution is 9.10. The minimum atomic E-state index is 0.0108. The molecule has 0 bridgehead atoms. The van der Waals surface area contributed by atoms with Crippen molar-refractivity contribution in [3.63, 3.8) is 0 Å². The van der Waals surface area contributed by atoms with Gasteiger partial charge in [0.1, 0.15) is 0 Å². The summed E-state index contributed by atoms with van der Waals surface area (Å²) in [7, 11) is 2.92. The number of nitrogens with zero attached hydrogens (tertiary/aromatic N) is 2. The highest BCUT2D eigenvalue weighted by atomic mass is 79.9. The van der Waals surface area contributed by atoms with Crippen molar-refractivity contribution in [3.8, 4) is 23.0 Å². The number of hydrogen-bond donors (Lipinski definition) is 4. The molecule has 4 N–H and O–H groups in total. The molecule has 0 aromatic heterocycles. The molecule has 148 valence electrons. The summed E-state index contributed by atoms with van der Waals surface area (Å²) in [5.41, 5.74) is 6.59. The van der Waals surface area contributed by atoms with Crippen LogP contribution in [0.1, 0.15) is 11.1 Å². The van der Waals surface area contributed by atoms with Gasteiger partial charge in [0.15, 0.2) is 23.0 Å². The number of ether oxygens (including phenoxy) is 2. The van der Waals surface area contributed by atoms with E-state index in [2.05, 4.69) is 52.9 Å². The molecule has 0 aliphatic rings. The fourth-order valence-electron chi connectivity index (χ4n) is 2.00. The standard InChI is InChI=1S/C17H16Br2N4O4S/c1-26-13-5-9(3-11(18)15(13)24)7-20-22-17(28)23-21-8-10-4-12(19)16(25)14(6-10)27-2/h3-8,24-25H,1-2H3,(H2,22,23,28). The molecule has 0 saturated heterocycles. The third-order valence-electron chi connectivity index (χ3n) is 3.30. The van der Waals surface area contributed by atoms with E-state index in [4.69, 9.17) is 21.7 Å². The van der Waals surface area contributed by atoms with Crippen LogP contribution in [0, 0.1) is 0 Å². The molecule has 2 aromatic rings. The Labute approximate surface area is 183 Å². The van der Waals surface area contributed by atoms with Crippen molar-refractivity contribution in [2.24, 2.45) is 10.2 Å². The molecule has 0 aliphatic carbocycles. The Balaban J connectivity index is 1.94. The molecule has 0 heterocycles. The lowest BCUT2D eigenvalue weighted by molar-refractivity contribution is 0.372. The Morgan fingerprint density at radius 1 is 0.893 bits per heavy atom. The summed E-state index contributed by atoms with van der Waals surface area (Å²) >= 11 is 11.6. The van der Waals surface area contributed by atoms with Crippen LogP contribution in [0.2, 0.25) is 0 Å². The van der Waals surface area contributed by atoms with E-state index >= 15 is 0 Å². The van der Waals surface area contributed by atoms with E-state index in [1.807, 2.05) is 0 Å². The van der Waals surface area contributed by atoms with Crippen LogP contribution in [-0.2, 0) is 0 Å². The topological polar surface area (TPSA) is 108 Å². The van der Waals surface area contributed by atoms with E-state index in [1.54, 1.807) is 24.3 Å². The number of nitrogens with one attached hydrogen (secondary N) is 2. The van der Waals surface area contributed by atoms with Gasteiger partial charge in [0.25, 0.3) is 0 Å². The maximum absolute atomic E-state index is 9.79. The zero-order valence-electron chi connectivity index (χ0n) is 14.7. The Hall–Kier alpha value is -2.37. The third-order valence-corrected chi connectivity index (χ3v) is 4.69. The first-order valence-corrected chi connectivity index (χ1v) is 9.60. The summed E-state index contributed by atoms with van der Waals surface area (Å²) in [6.07, 6.45) is 3.01. The van der Waals surface area contributed by atoms with Crippen molar-refractivity contribution in [2.45, 2.75) is 0 Å². The molecular weight excluding hydrogens is 516 g/mol. The fraction of sp³-hybridized carbons (Fsp3) is 0.118. The molecule has 2 rings (SSSR count). The van der Waals surface area contributed by atoms with Crippen LogP contribution in [0.15, 0.2) is 43.4 Å². The van der Waals surface area contributed by atoms with Crippen molar-refractivity contribution in [3.05, 3.63) is 44.3 Å². The van der Waals surface area contributed by atoms with Gasteiger partial charge in [-0.15, -0.1) is 0 Å². The van der Waals surface area contributed by atoms with Crippen LogP contribution in [0.4, 0.5) is 0 Å². The molecule has 0 radical (unpaired) electrons. The van der Waals surface area contributed by atoms with E-state index in [0.29, 0.717) is 31.6 Å². The van der Waals surface area contributed by atoms with Gasteiger partial charge in [-0.05, 0) is 79.5 Å². The lowest BCUT2D eigenvalue weighted by atomic mass is 10.2. The van der Waals surface area contributed by atoms with E-state index < -0.39 is 0 Å². The number of thiocarbonyl (C=S) groups is 1. The molecule has 0 fully saturated rings. The van der Waals surface area contributed by atoms with Crippen molar-refractivity contribution >= 4 is 61.6 Å². The number of methoxy groups -OCH3 is 2. The van der Waals surface area contributed by atoms with Gasteiger partial charge < -0.3 is 19.7 Å². The molecule has 0 saturated carbocycles. The second-order valence-electron chi connectivity index (χ2n) is 5.18. The number of aromatic hydroxyl groups is 2. The Bertz CT molecular complexity index is 864. The number of phenolic OH excluding ortho intramolecular Hbond substituents is 2. The van der Waals surface area contributed by atoms with Crippen molar-refractivity contribution in [1.29, 1.82) is 0 Å². The van der Waals surface area contributed by atoms with E-state index in [1.165, 1.54) is 26.6 Å². The monoisotopic (exact) mass is 530 g/mol. The average molecular weight is 532 g/mol. The van der Waals surface area contributed by atoms with Gasteiger partial charge in [0.2, 0.25) is 5.11 Å². The Morgan fingerprint density at radius 2 is 1.29 bits per heavy atom. The summed E-state index contributed by atoms with van der Waals surface area (Å²) in [4.78, 5) is 0. The summed E-state index contributed by atoms with van der Waals surface area (Å²) in [6, 6.07) is 6.59. The molecule has 8 nitrogen and oxygen atoms in total. The second kappa shape index (κ2) is 10.2. The van der Waals surface area contributed by atoms with Gasteiger partial charge in [0.05, 0.1) is 35.6 Å². The minimum Gasteiger partial charge on any atom is -0.503 e. The molecule has 2 aromatic carbocycles. The lowest BCUT2D eigenvalue weighted by Crippen LogP contribution is -2.28. The lowest BCUT2D eigenvalue weighted by Gasteiger charge is -2.07. The summed E-state index contributed by atoms with van der Waals surface area (Å²) in [6.45, 7) is 0. The molecule has 0 aliphatic heterocycles. The van der Waals surface area contributed by atoms with Gasteiger partial charge in [-0.1, -0.05) is 0 Å². The number of rotatable bonds is 6. The molecule has 0 atom stereocenters. The third kappa shape index (κ3) is 5.81. The number of hydrazone groups is 2. The zero-order chi connectivity index (χ0) is 20.7. The first kappa shape index (κ1) is 21.9. The molecule has 0 amide bonds. The summed E-state index contributed by atoms with van der Waals surface area (Å²) in [5, 5.41) is 27.7. The minimum absolute atomic E-state index is 0.0108. The van der Waals surface area contributed by atoms with Crippen LogP contribution in [0.5, 0.6) is 23.0 Å². The maximum atomic E-state index is 9.79. The van der Waals surface area contributed by atoms with Crippen LogP contribution in [0.3, 0.4) is 0 Å². The Kier molecular flexibility index (Phi) is 8.03. The fourth-order valence-corrected chi connectivity index (χ4v) is 3.03. The summed E-state index contributed by atoms with van der Waals surface area (Å²) < 4.78 is 11.1. The first-order chi connectivity index (χ1) is 13.3. The molecule has 11 heteroatoms. The second-order valence-corrected chi connectivity index (χ2v) is 7.29. The average Bonchev–Trinajstić information content (AvgIpc) is 2.67. The number of halogens is 2. The normalized spacial score (nSPS) is 11.0. The zero-order valence-corrected chi connectivity index (χ0v) is 18.7.